The number of carbonyl (C=O) groups excluding carboxylic acids is 6. The average Bonchev–Trinajstić information content (AvgIpc) is 3.90. The molecular weight excluding hydrogens is 680 g/mol. The van der Waals surface area contributed by atoms with Crippen molar-refractivity contribution in [2.75, 3.05) is 0 Å². The molecule has 0 amide bonds. The van der Waals surface area contributed by atoms with Crippen molar-refractivity contribution in [3.63, 3.8) is 0 Å². The minimum absolute atomic E-state index is 0.000907. The number of hydrogen-bond donors (Lipinski definition) is 3. The Balaban J connectivity index is 1.82. The number of Topliss-reactive ketones (excluding diaryl/α,β-unsaturated/α-hetero) is 2. The smallest absolute Gasteiger partial charge is 0.338 e. The maximum Gasteiger partial charge on any atom is 0.338 e. The van der Waals surface area contributed by atoms with Gasteiger partial charge in [0.05, 0.1) is 34.7 Å². The first-order valence-corrected chi connectivity index (χ1v) is 16.7. The monoisotopic (exact) mass is 722 g/mol. The van der Waals surface area contributed by atoms with Crippen LogP contribution in [0.2, 0.25) is 0 Å². The zero-order valence-corrected chi connectivity index (χ0v) is 29.5. The van der Waals surface area contributed by atoms with Crippen LogP contribution in [0.25, 0.3) is 0 Å². The van der Waals surface area contributed by atoms with Gasteiger partial charge in [-0.25, -0.2) is 9.59 Å². The zero-order valence-electron chi connectivity index (χ0n) is 29.5. The number of ketones is 2. The normalized spacial score (nSPS) is 35.5. The molecule has 14 heteroatoms. The maximum atomic E-state index is 14.9. The average molecular weight is 723 g/mol. The van der Waals surface area contributed by atoms with Crippen LogP contribution in [0.15, 0.2) is 72.8 Å². The molecule has 0 spiro atoms. The van der Waals surface area contributed by atoms with Gasteiger partial charge in [0, 0.05) is 25.3 Å². The molecule has 1 saturated heterocycles. The van der Waals surface area contributed by atoms with Gasteiger partial charge in [-0.1, -0.05) is 63.7 Å². The third-order valence-corrected chi connectivity index (χ3v) is 10.2. The molecule has 3 fully saturated rings. The molecule has 2 aromatic rings. The van der Waals surface area contributed by atoms with Gasteiger partial charge in [0.1, 0.15) is 23.9 Å². The fourth-order valence-electron chi connectivity index (χ4n) is 7.47. The predicted molar refractivity (Wildman–Crippen MR) is 178 cm³/mol. The van der Waals surface area contributed by atoms with Crippen LogP contribution in [0.4, 0.5) is 0 Å². The fraction of sp³-hybridized carbons (Fsp3) is 0.474. The number of epoxide rings is 1. The van der Waals surface area contributed by atoms with Crippen molar-refractivity contribution >= 4 is 35.4 Å². The van der Waals surface area contributed by atoms with Crippen LogP contribution < -0.4 is 0 Å². The lowest BCUT2D eigenvalue weighted by Crippen LogP contribution is -2.63. The fourth-order valence-corrected chi connectivity index (χ4v) is 7.47. The third kappa shape index (κ3) is 6.55. The van der Waals surface area contributed by atoms with Crippen LogP contribution in [0.5, 0.6) is 0 Å². The SMILES string of the molecule is C=C1[C@H](OC(=O)c2ccccc2)[C@H]2[C@@H](OC(C)=O)[C@](C)(O)[C@H](O)[C@]2(OC(C)=O)C(=O)[C@H](C)[C@@H]2O[C@H]2C(C)(C)C(=O)[C@H](O)[C@H]1OC(=O)c1ccccc1. The minimum Gasteiger partial charge on any atom is -0.459 e. The number of ether oxygens (including phenoxy) is 5. The first-order valence-electron chi connectivity index (χ1n) is 16.7. The highest BCUT2D eigenvalue weighted by Crippen LogP contribution is 2.55. The summed E-state index contributed by atoms with van der Waals surface area (Å²) in [4.78, 5) is 82.1. The van der Waals surface area contributed by atoms with Gasteiger partial charge in [-0.05, 0) is 31.2 Å². The second-order valence-electron chi connectivity index (χ2n) is 14.2. The molecule has 278 valence electrons. The summed E-state index contributed by atoms with van der Waals surface area (Å²) in [6.07, 6.45) is -12.7. The van der Waals surface area contributed by atoms with Gasteiger partial charge in [0.2, 0.25) is 5.60 Å². The van der Waals surface area contributed by atoms with Crippen molar-refractivity contribution < 1.29 is 67.8 Å². The van der Waals surface area contributed by atoms with Gasteiger partial charge in [-0.2, -0.15) is 0 Å². The van der Waals surface area contributed by atoms with Gasteiger partial charge < -0.3 is 39.0 Å². The first kappa shape index (κ1) is 38.5. The number of fused-ring (bicyclic) bond motifs is 2. The van der Waals surface area contributed by atoms with Crippen molar-refractivity contribution in [2.45, 2.75) is 95.5 Å². The van der Waals surface area contributed by atoms with E-state index in [1.165, 1.54) is 69.3 Å². The van der Waals surface area contributed by atoms with Crippen molar-refractivity contribution in [2.24, 2.45) is 17.3 Å². The molecule has 3 N–H and O–H groups in total. The highest BCUT2D eigenvalue weighted by atomic mass is 16.6. The highest BCUT2D eigenvalue weighted by molar-refractivity contribution is 5.96. The Morgan fingerprint density at radius 2 is 1.27 bits per heavy atom. The lowest BCUT2D eigenvalue weighted by Gasteiger charge is -2.43. The summed E-state index contributed by atoms with van der Waals surface area (Å²) in [6, 6.07) is 15.0. The number of aliphatic hydroxyl groups is 3. The Bertz CT molecular complexity index is 1770. The molecule has 0 aromatic heterocycles. The van der Waals surface area contributed by atoms with E-state index in [0.717, 1.165) is 20.8 Å². The van der Waals surface area contributed by atoms with Crippen molar-refractivity contribution in [3.8, 4) is 0 Å². The van der Waals surface area contributed by atoms with Crippen LogP contribution in [0, 0.1) is 17.3 Å². The van der Waals surface area contributed by atoms with Crippen LogP contribution in [0.1, 0.15) is 62.3 Å². The van der Waals surface area contributed by atoms with Crippen molar-refractivity contribution in [1.82, 2.24) is 0 Å². The summed E-state index contributed by atoms with van der Waals surface area (Å²) in [7, 11) is 0. The number of esters is 4. The second-order valence-corrected chi connectivity index (χ2v) is 14.2. The molecule has 0 radical (unpaired) electrons. The van der Waals surface area contributed by atoms with Gasteiger partial charge in [0.25, 0.3) is 0 Å². The van der Waals surface area contributed by atoms with E-state index in [1.807, 2.05) is 0 Å². The molecule has 11 atom stereocenters. The Labute approximate surface area is 299 Å². The number of rotatable bonds is 6. The molecule has 0 unspecified atom stereocenters. The van der Waals surface area contributed by atoms with E-state index in [1.54, 1.807) is 12.1 Å². The number of carbonyl (C=O) groups is 6. The molecule has 2 saturated carbocycles. The van der Waals surface area contributed by atoms with Gasteiger partial charge in [0.15, 0.2) is 23.8 Å². The molecule has 14 nitrogen and oxygen atoms in total. The van der Waals surface area contributed by atoms with E-state index in [2.05, 4.69) is 6.58 Å². The number of benzene rings is 2. The summed E-state index contributed by atoms with van der Waals surface area (Å²) in [5.74, 6) is -9.48. The minimum atomic E-state index is -2.86. The highest BCUT2D eigenvalue weighted by Gasteiger charge is 2.77. The molecule has 1 aliphatic heterocycles. The number of hydrogen-bond acceptors (Lipinski definition) is 14. The summed E-state index contributed by atoms with van der Waals surface area (Å²) in [6.45, 7) is 11.3. The van der Waals surface area contributed by atoms with Gasteiger partial charge >= 0.3 is 23.9 Å². The van der Waals surface area contributed by atoms with Crippen molar-refractivity contribution in [1.29, 1.82) is 0 Å². The molecule has 52 heavy (non-hydrogen) atoms. The first-order chi connectivity index (χ1) is 24.3. The van der Waals surface area contributed by atoms with E-state index in [4.69, 9.17) is 23.7 Å². The second kappa shape index (κ2) is 14.0. The van der Waals surface area contributed by atoms with E-state index in [-0.39, 0.29) is 11.1 Å². The molecule has 0 bridgehead atoms. The summed E-state index contributed by atoms with van der Waals surface area (Å²) in [5, 5.41) is 35.8. The molecular formula is C38H42O14. The quantitative estimate of drug-likeness (QED) is 0.168. The summed E-state index contributed by atoms with van der Waals surface area (Å²) >= 11 is 0. The van der Waals surface area contributed by atoms with Crippen LogP contribution in [-0.4, -0.2) is 105 Å². The van der Waals surface area contributed by atoms with E-state index in [9.17, 15) is 44.1 Å². The Morgan fingerprint density at radius 3 is 1.75 bits per heavy atom. The molecule has 3 aliphatic rings. The Hall–Kier alpha value is -4.76. The maximum absolute atomic E-state index is 14.9. The van der Waals surface area contributed by atoms with Crippen molar-refractivity contribution in [3.05, 3.63) is 83.9 Å². The zero-order chi connectivity index (χ0) is 38.5. The Kier molecular flexibility index (Phi) is 10.4. The van der Waals surface area contributed by atoms with Crippen LogP contribution in [-0.2, 0) is 42.9 Å². The lowest BCUT2D eigenvalue weighted by molar-refractivity contribution is -0.196. The molecule has 5 rings (SSSR count). The molecule has 2 aromatic carbocycles. The third-order valence-electron chi connectivity index (χ3n) is 10.2. The molecule has 1 heterocycles. The summed E-state index contributed by atoms with van der Waals surface area (Å²) < 4.78 is 28.9. The van der Waals surface area contributed by atoms with Gasteiger partial charge in [-0.3, -0.25) is 19.2 Å². The van der Waals surface area contributed by atoms with E-state index >= 15 is 0 Å². The standard InChI is InChI=1S/C38H42O14/c1-18-26(50-33(44)22-14-10-8-11-15-22)24-31(48-20(3)39)37(7,47)35(46)38(24,52-21(4)40)29(42)19(2)28-32(49-28)36(5,6)30(43)25(41)27(18)51-34(45)23-16-12-9-13-17-23/h8-17,19,24-28,31-32,35,41,46-47H,1H2,2-7H3/t19-,24+,25-,26+,27+,28+,31-,32-,35+,37+,38-/m1/s1. The van der Waals surface area contributed by atoms with Crippen LogP contribution >= 0.6 is 0 Å². The van der Waals surface area contributed by atoms with Gasteiger partial charge in [-0.15, -0.1) is 0 Å². The lowest BCUT2D eigenvalue weighted by atomic mass is 9.70. The topological polar surface area (TPSA) is 213 Å². The van der Waals surface area contributed by atoms with E-state index in [0.29, 0.717) is 0 Å². The molecule has 2 aliphatic carbocycles. The predicted octanol–water partition coefficient (Wildman–Crippen LogP) is 1.91. The summed E-state index contributed by atoms with van der Waals surface area (Å²) in [5.41, 5.74) is -7.57. The largest absolute Gasteiger partial charge is 0.459 e. The number of aliphatic hydroxyl groups excluding tert-OH is 2. The Morgan fingerprint density at radius 1 is 0.769 bits per heavy atom. The van der Waals surface area contributed by atoms with E-state index < -0.39 is 112 Å². The van der Waals surface area contributed by atoms with Crippen LogP contribution in [0.3, 0.4) is 0 Å².